The van der Waals surface area contributed by atoms with Gasteiger partial charge in [-0.2, -0.15) is 0 Å². The van der Waals surface area contributed by atoms with Crippen molar-refractivity contribution in [3.05, 3.63) is 36.4 Å². The second kappa shape index (κ2) is 6.51. The molecule has 2 N–H and O–H groups in total. The Hall–Kier alpha value is -2.63. The van der Waals surface area contributed by atoms with E-state index in [4.69, 9.17) is 4.74 Å². The van der Waals surface area contributed by atoms with Crippen LogP contribution in [0.5, 0.6) is 5.75 Å². The van der Waals surface area contributed by atoms with E-state index >= 15 is 0 Å². The maximum atomic E-state index is 11.2. The molecule has 0 bridgehead atoms. The summed E-state index contributed by atoms with van der Waals surface area (Å²) in [5, 5.41) is 13.7. The van der Waals surface area contributed by atoms with Crippen molar-refractivity contribution in [2.24, 2.45) is 0 Å². The molecule has 6 nitrogen and oxygen atoms in total. The lowest BCUT2D eigenvalue weighted by Crippen LogP contribution is -2.11. The average molecular weight is 272 g/mol. The van der Waals surface area contributed by atoms with Crippen molar-refractivity contribution in [1.29, 1.82) is 0 Å². The number of methoxy groups -OCH3 is 1. The normalized spacial score (nSPS) is 9.90. The van der Waals surface area contributed by atoms with Crippen LogP contribution in [0.3, 0.4) is 0 Å². The summed E-state index contributed by atoms with van der Waals surface area (Å²) in [5.74, 6) is 1.75. The molecule has 1 amide bonds. The quantitative estimate of drug-likeness (QED) is 0.874. The molecule has 0 saturated carbocycles. The number of rotatable bonds is 5. The highest BCUT2D eigenvalue weighted by Crippen LogP contribution is 2.18. The van der Waals surface area contributed by atoms with Crippen molar-refractivity contribution in [2.45, 2.75) is 13.3 Å². The summed E-state index contributed by atoms with van der Waals surface area (Å²) >= 11 is 0. The Labute approximate surface area is 117 Å². The third kappa shape index (κ3) is 3.68. The summed E-state index contributed by atoms with van der Waals surface area (Å²) in [6, 6.07) is 10.9. The number of nitrogens with one attached hydrogen (secondary N) is 2. The van der Waals surface area contributed by atoms with Crippen molar-refractivity contribution >= 4 is 23.2 Å². The van der Waals surface area contributed by atoms with E-state index in [9.17, 15) is 4.79 Å². The van der Waals surface area contributed by atoms with E-state index < -0.39 is 0 Å². The van der Waals surface area contributed by atoms with Gasteiger partial charge >= 0.3 is 0 Å². The number of aromatic nitrogens is 2. The van der Waals surface area contributed by atoms with Gasteiger partial charge in [-0.05, 0) is 36.4 Å². The van der Waals surface area contributed by atoms with Gasteiger partial charge in [0.05, 0.1) is 7.11 Å². The number of amides is 1. The fourth-order valence-corrected chi connectivity index (χ4v) is 1.52. The van der Waals surface area contributed by atoms with Gasteiger partial charge in [0.1, 0.15) is 5.75 Å². The van der Waals surface area contributed by atoms with Gasteiger partial charge in [-0.15, -0.1) is 10.2 Å². The zero-order valence-electron chi connectivity index (χ0n) is 11.4. The second-order valence-corrected chi connectivity index (χ2v) is 4.06. The van der Waals surface area contributed by atoms with Crippen LogP contribution in [0.1, 0.15) is 13.3 Å². The number of carbonyl (C=O) groups is 1. The van der Waals surface area contributed by atoms with Crippen LogP contribution in [0.15, 0.2) is 36.4 Å². The van der Waals surface area contributed by atoms with Gasteiger partial charge in [-0.3, -0.25) is 4.79 Å². The molecule has 1 heterocycles. The number of benzene rings is 1. The fraction of sp³-hybridized carbons (Fsp3) is 0.214. The summed E-state index contributed by atoms with van der Waals surface area (Å²) in [6.07, 6.45) is 0.410. The first kappa shape index (κ1) is 13.8. The third-order valence-corrected chi connectivity index (χ3v) is 2.62. The largest absolute Gasteiger partial charge is 0.497 e. The molecular formula is C14H16N4O2. The molecule has 0 spiro atoms. The summed E-state index contributed by atoms with van der Waals surface area (Å²) in [7, 11) is 1.62. The van der Waals surface area contributed by atoms with Gasteiger partial charge in [0, 0.05) is 12.1 Å². The molecule has 1 aromatic heterocycles. The molecule has 0 fully saturated rings. The van der Waals surface area contributed by atoms with Crippen LogP contribution in [-0.2, 0) is 4.79 Å². The Morgan fingerprint density at radius 1 is 1.10 bits per heavy atom. The van der Waals surface area contributed by atoms with Gasteiger partial charge in [-0.25, -0.2) is 0 Å². The van der Waals surface area contributed by atoms with Crippen LogP contribution in [0.4, 0.5) is 17.3 Å². The minimum atomic E-state index is -0.0878. The molecule has 0 aliphatic heterocycles. The van der Waals surface area contributed by atoms with E-state index in [0.717, 1.165) is 11.4 Å². The van der Waals surface area contributed by atoms with Gasteiger partial charge in [0.2, 0.25) is 5.91 Å². The summed E-state index contributed by atoms with van der Waals surface area (Å²) in [6.45, 7) is 1.78. The van der Waals surface area contributed by atoms with Crippen LogP contribution in [0.25, 0.3) is 0 Å². The van der Waals surface area contributed by atoms with Crippen molar-refractivity contribution in [2.75, 3.05) is 17.7 Å². The smallest absolute Gasteiger partial charge is 0.225 e. The number of nitrogens with zero attached hydrogens (tertiary/aromatic N) is 2. The van der Waals surface area contributed by atoms with Crippen molar-refractivity contribution in [3.8, 4) is 5.75 Å². The molecule has 20 heavy (non-hydrogen) atoms. The van der Waals surface area contributed by atoms with Gasteiger partial charge in [0.25, 0.3) is 0 Å². The highest BCUT2D eigenvalue weighted by Gasteiger charge is 2.02. The predicted octanol–water partition coefficient (Wildman–Crippen LogP) is 2.58. The Morgan fingerprint density at radius 2 is 1.75 bits per heavy atom. The molecule has 0 radical (unpaired) electrons. The molecular weight excluding hydrogens is 256 g/mol. The zero-order chi connectivity index (χ0) is 14.4. The van der Waals surface area contributed by atoms with Crippen LogP contribution in [0, 0.1) is 0 Å². The van der Waals surface area contributed by atoms with Crippen LogP contribution in [0.2, 0.25) is 0 Å². The first-order valence-electron chi connectivity index (χ1n) is 6.26. The highest BCUT2D eigenvalue weighted by molar-refractivity contribution is 5.89. The molecule has 104 valence electrons. The predicted molar refractivity (Wildman–Crippen MR) is 77.2 cm³/mol. The Morgan fingerprint density at radius 3 is 2.30 bits per heavy atom. The molecule has 0 unspecified atom stereocenters. The molecule has 6 heteroatoms. The SMILES string of the molecule is CCC(=O)Nc1ccc(Nc2ccc(OC)cc2)nn1. The third-order valence-electron chi connectivity index (χ3n) is 2.62. The second-order valence-electron chi connectivity index (χ2n) is 4.06. The van der Waals surface area contributed by atoms with Crippen LogP contribution < -0.4 is 15.4 Å². The molecule has 0 atom stereocenters. The molecule has 0 aliphatic rings. The van der Waals surface area contributed by atoms with E-state index in [1.807, 2.05) is 24.3 Å². The van der Waals surface area contributed by atoms with Crippen molar-refractivity contribution < 1.29 is 9.53 Å². The standard InChI is InChI=1S/C14H16N4O2/c1-3-14(19)16-13-9-8-12(17-18-13)15-10-4-6-11(20-2)7-5-10/h4-9H,3H2,1-2H3,(H,15,17)(H,16,18,19). The van der Waals surface area contributed by atoms with Crippen LogP contribution >= 0.6 is 0 Å². The minimum Gasteiger partial charge on any atom is -0.497 e. The zero-order valence-corrected chi connectivity index (χ0v) is 11.4. The molecule has 0 aliphatic carbocycles. The lowest BCUT2D eigenvalue weighted by Gasteiger charge is -2.07. The summed E-state index contributed by atoms with van der Waals surface area (Å²) in [5.41, 5.74) is 0.880. The van der Waals surface area contributed by atoms with Crippen molar-refractivity contribution in [1.82, 2.24) is 10.2 Å². The number of carbonyl (C=O) groups excluding carboxylic acids is 1. The van der Waals surface area contributed by atoms with E-state index in [1.54, 1.807) is 26.2 Å². The Balaban J connectivity index is 2.00. The van der Waals surface area contributed by atoms with E-state index in [2.05, 4.69) is 20.8 Å². The monoisotopic (exact) mass is 272 g/mol. The fourth-order valence-electron chi connectivity index (χ4n) is 1.52. The lowest BCUT2D eigenvalue weighted by molar-refractivity contribution is -0.115. The highest BCUT2D eigenvalue weighted by atomic mass is 16.5. The van der Waals surface area contributed by atoms with E-state index in [1.165, 1.54) is 0 Å². The minimum absolute atomic E-state index is 0.0878. The van der Waals surface area contributed by atoms with Crippen LogP contribution in [-0.4, -0.2) is 23.2 Å². The first-order valence-corrected chi connectivity index (χ1v) is 6.26. The summed E-state index contributed by atoms with van der Waals surface area (Å²) in [4.78, 5) is 11.2. The van der Waals surface area contributed by atoms with Gasteiger partial charge in [0.15, 0.2) is 11.6 Å². The maximum absolute atomic E-state index is 11.2. The first-order chi connectivity index (χ1) is 9.71. The van der Waals surface area contributed by atoms with Gasteiger partial charge < -0.3 is 15.4 Å². The maximum Gasteiger partial charge on any atom is 0.225 e. The Bertz CT molecular complexity index is 567. The average Bonchev–Trinajstić information content (AvgIpc) is 2.50. The number of ether oxygens (including phenoxy) is 1. The molecule has 2 aromatic rings. The molecule has 2 rings (SSSR count). The van der Waals surface area contributed by atoms with E-state index in [-0.39, 0.29) is 5.91 Å². The number of hydrogen-bond donors (Lipinski definition) is 2. The van der Waals surface area contributed by atoms with E-state index in [0.29, 0.717) is 18.1 Å². The Kier molecular flexibility index (Phi) is 4.49. The summed E-state index contributed by atoms with van der Waals surface area (Å²) < 4.78 is 5.09. The lowest BCUT2D eigenvalue weighted by atomic mass is 10.3. The van der Waals surface area contributed by atoms with Gasteiger partial charge in [-0.1, -0.05) is 6.92 Å². The van der Waals surface area contributed by atoms with Crippen molar-refractivity contribution in [3.63, 3.8) is 0 Å². The topological polar surface area (TPSA) is 76.1 Å². The number of anilines is 3. The number of hydrogen-bond acceptors (Lipinski definition) is 5. The molecule has 0 saturated heterocycles. The molecule has 1 aromatic carbocycles.